The van der Waals surface area contributed by atoms with Crippen LogP contribution in [0.3, 0.4) is 0 Å². The molecular weight excluding hydrogens is 614 g/mol. The van der Waals surface area contributed by atoms with Crippen LogP contribution >= 0.6 is 11.6 Å². The molecule has 2 amide bonds. The highest BCUT2D eigenvalue weighted by molar-refractivity contribution is 6.30. The molecule has 238 valence electrons. The van der Waals surface area contributed by atoms with Crippen molar-refractivity contribution < 1.29 is 23.9 Å². The van der Waals surface area contributed by atoms with E-state index in [1.807, 2.05) is 6.07 Å². The second-order valence-electron chi connectivity index (χ2n) is 10.3. The normalized spacial score (nSPS) is 16.2. The van der Waals surface area contributed by atoms with Crippen molar-refractivity contribution >= 4 is 47.0 Å². The Kier molecular flexibility index (Phi) is 10.5. The smallest absolute Gasteiger partial charge is 0.411 e. The minimum atomic E-state index is -0.649. The first-order chi connectivity index (χ1) is 22.3. The number of amides is 2. The predicted molar refractivity (Wildman–Crippen MR) is 170 cm³/mol. The molecule has 0 saturated carbocycles. The number of methoxy groups -OCH3 is 1. The number of aromatic nitrogens is 6. The molecular formula is C31H32ClN9O5. The zero-order valence-electron chi connectivity index (χ0n) is 25.1. The van der Waals surface area contributed by atoms with Gasteiger partial charge in [0, 0.05) is 39.2 Å². The molecule has 2 unspecified atom stereocenters. The molecule has 2 aromatic carbocycles. The molecule has 4 aromatic rings. The number of carbonyl (C=O) groups is 3. The van der Waals surface area contributed by atoms with Crippen LogP contribution in [-0.2, 0) is 19.1 Å². The number of halogens is 1. The van der Waals surface area contributed by atoms with Crippen LogP contribution < -0.4 is 16.0 Å². The van der Waals surface area contributed by atoms with Gasteiger partial charge in [-0.2, -0.15) is 14.9 Å². The zero-order chi connectivity index (χ0) is 32.5. The Morgan fingerprint density at radius 3 is 2.74 bits per heavy atom. The molecule has 2 bridgehead atoms. The summed E-state index contributed by atoms with van der Waals surface area (Å²) in [5.74, 6) is -0.737. The summed E-state index contributed by atoms with van der Waals surface area (Å²) in [6.45, 7) is 1.99. The largest absolute Gasteiger partial charge is 0.464 e. The molecule has 5 rings (SSSR count). The van der Waals surface area contributed by atoms with Crippen molar-refractivity contribution in [3.63, 3.8) is 0 Å². The summed E-state index contributed by atoms with van der Waals surface area (Å²) in [4.78, 5) is 38.1. The summed E-state index contributed by atoms with van der Waals surface area (Å²) in [6, 6.07) is 11.1. The lowest BCUT2D eigenvalue weighted by molar-refractivity contribution is -0.144. The highest BCUT2D eigenvalue weighted by atomic mass is 35.5. The van der Waals surface area contributed by atoms with Crippen molar-refractivity contribution in [1.82, 2.24) is 35.7 Å². The molecule has 0 radical (unpaired) electrons. The van der Waals surface area contributed by atoms with E-state index in [1.165, 1.54) is 24.2 Å². The summed E-state index contributed by atoms with van der Waals surface area (Å²) in [5.41, 5.74) is 4.32. The van der Waals surface area contributed by atoms with Crippen LogP contribution in [0, 0.1) is 0 Å². The summed E-state index contributed by atoms with van der Waals surface area (Å²) < 4.78 is 11.6. The summed E-state index contributed by atoms with van der Waals surface area (Å²) >= 11 is 6.23. The third-order valence-electron chi connectivity index (χ3n) is 7.25. The van der Waals surface area contributed by atoms with Gasteiger partial charge in [-0.15, -0.1) is 5.10 Å². The number of hydrogen-bond donors (Lipinski definition) is 3. The van der Waals surface area contributed by atoms with E-state index in [1.54, 1.807) is 55.6 Å². The van der Waals surface area contributed by atoms with E-state index in [2.05, 4.69) is 41.7 Å². The first-order valence-corrected chi connectivity index (χ1v) is 15.0. The van der Waals surface area contributed by atoms with Crippen LogP contribution in [0.4, 0.5) is 16.2 Å². The van der Waals surface area contributed by atoms with Crippen molar-refractivity contribution in [2.45, 2.75) is 44.7 Å². The Morgan fingerprint density at radius 1 is 1.11 bits per heavy atom. The van der Waals surface area contributed by atoms with Gasteiger partial charge in [-0.1, -0.05) is 30.5 Å². The Bertz CT molecular complexity index is 1730. The minimum Gasteiger partial charge on any atom is -0.464 e. The highest BCUT2D eigenvalue weighted by Gasteiger charge is 2.24. The molecule has 2 aromatic heterocycles. The number of esters is 1. The molecule has 14 nitrogen and oxygen atoms in total. The summed E-state index contributed by atoms with van der Waals surface area (Å²) in [5, 5.41) is 29.4. The van der Waals surface area contributed by atoms with E-state index >= 15 is 0 Å². The molecule has 1 aliphatic rings. The molecule has 46 heavy (non-hydrogen) atoms. The molecule has 2 atom stereocenters. The molecule has 0 saturated heterocycles. The summed E-state index contributed by atoms with van der Waals surface area (Å²) in [7, 11) is 1.28. The maximum absolute atomic E-state index is 13.3. The van der Waals surface area contributed by atoms with Gasteiger partial charge >= 0.3 is 12.1 Å². The topological polar surface area (TPSA) is 175 Å². The molecule has 15 heteroatoms. The number of carbonyl (C=O) groups excluding carboxylic acids is 3. The molecule has 1 aliphatic heterocycles. The molecule has 0 spiro atoms. The molecule has 0 fully saturated rings. The number of fused-ring (bicyclic) bond motifs is 4. The van der Waals surface area contributed by atoms with Crippen molar-refractivity contribution in [1.29, 1.82) is 0 Å². The summed E-state index contributed by atoms with van der Waals surface area (Å²) in [6.07, 6.45) is 7.83. The van der Waals surface area contributed by atoms with Gasteiger partial charge in [0.15, 0.2) is 0 Å². The maximum Gasteiger partial charge on any atom is 0.411 e. The number of hydrogen-bond acceptors (Lipinski definition) is 11. The number of nitrogens with one attached hydrogen (secondary N) is 3. The third kappa shape index (κ3) is 8.01. The second kappa shape index (κ2) is 15.1. The first kappa shape index (κ1) is 32.0. The number of ether oxygens (including phenoxy) is 2. The van der Waals surface area contributed by atoms with Gasteiger partial charge in [0.1, 0.15) is 12.4 Å². The van der Waals surface area contributed by atoms with E-state index in [0.717, 1.165) is 0 Å². The molecule has 0 aliphatic carbocycles. The van der Waals surface area contributed by atoms with E-state index in [9.17, 15) is 14.4 Å². The number of tetrazole rings is 1. The Morgan fingerprint density at radius 2 is 1.96 bits per heavy atom. The van der Waals surface area contributed by atoms with Crippen molar-refractivity contribution in [3.05, 3.63) is 77.3 Å². The quantitative estimate of drug-likeness (QED) is 0.187. The van der Waals surface area contributed by atoms with Crippen LogP contribution in [0.2, 0.25) is 5.02 Å². The molecule has 3 N–H and O–H groups in total. The van der Waals surface area contributed by atoms with Gasteiger partial charge in [-0.05, 0) is 72.7 Å². The SMILES string of the molecule is CCOC(=O)C1CCCCC(NC(=O)C=Cc2cc(Cl)ccc2-n2cnnn2)c2cc(cnn2)-c2ccc(NC(=O)OC)cc2N1. The number of nitrogens with zero attached hydrogens (tertiary/aromatic N) is 6. The van der Waals surface area contributed by atoms with Gasteiger partial charge in [-0.3, -0.25) is 10.1 Å². The van der Waals surface area contributed by atoms with E-state index < -0.39 is 18.2 Å². The van der Waals surface area contributed by atoms with Crippen LogP contribution in [0.1, 0.15) is 49.9 Å². The number of rotatable bonds is 7. The van der Waals surface area contributed by atoms with E-state index in [4.69, 9.17) is 21.1 Å². The van der Waals surface area contributed by atoms with Gasteiger partial charge in [-0.25, -0.2) is 9.59 Å². The second-order valence-corrected chi connectivity index (χ2v) is 10.8. The predicted octanol–water partition coefficient (Wildman–Crippen LogP) is 4.74. The number of benzene rings is 2. The van der Waals surface area contributed by atoms with Gasteiger partial charge in [0.05, 0.1) is 37.3 Å². The van der Waals surface area contributed by atoms with E-state index in [0.29, 0.717) is 70.2 Å². The molecule has 3 heterocycles. The average Bonchev–Trinajstić information content (AvgIpc) is 3.59. The Labute approximate surface area is 269 Å². The Hall–Kier alpha value is -5.37. The average molecular weight is 646 g/mol. The fourth-order valence-corrected chi connectivity index (χ4v) is 5.24. The standard InChI is InChI=1S/C31H32ClN9O5/c1-3-46-30(43)25-7-5-4-6-24(37-29(42)13-8-19-14-21(32)9-12-28(19)41-18-34-39-40-41)27-15-20(17-33-38-27)23-11-10-22(16-26(23)36-25)35-31(44)45-2/h8-18,24-25,36H,3-7H2,1-2H3,(H,35,44)(H,37,42). The fraction of sp³-hybridized carbons (Fsp3) is 0.290. The van der Waals surface area contributed by atoms with Crippen molar-refractivity contribution in [3.8, 4) is 16.8 Å². The number of anilines is 2. The third-order valence-corrected chi connectivity index (χ3v) is 7.48. The maximum atomic E-state index is 13.3. The minimum absolute atomic E-state index is 0.236. The van der Waals surface area contributed by atoms with Crippen LogP contribution in [-0.4, -0.2) is 68.1 Å². The highest BCUT2D eigenvalue weighted by Crippen LogP contribution is 2.34. The van der Waals surface area contributed by atoms with Crippen LogP contribution in [0.15, 0.2) is 61.1 Å². The zero-order valence-corrected chi connectivity index (χ0v) is 25.9. The van der Waals surface area contributed by atoms with E-state index in [-0.39, 0.29) is 18.5 Å². The van der Waals surface area contributed by atoms with Crippen LogP contribution in [0.5, 0.6) is 0 Å². The monoisotopic (exact) mass is 645 g/mol. The lowest BCUT2D eigenvalue weighted by Gasteiger charge is -2.24. The van der Waals surface area contributed by atoms with Crippen molar-refractivity contribution in [2.75, 3.05) is 24.4 Å². The van der Waals surface area contributed by atoms with Gasteiger partial charge in [0.25, 0.3) is 0 Å². The Balaban J connectivity index is 1.45. The lowest BCUT2D eigenvalue weighted by Crippen LogP contribution is -2.32. The lowest BCUT2D eigenvalue weighted by atomic mass is 9.97. The van der Waals surface area contributed by atoms with Crippen LogP contribution in [0.25, 0.3) is 22.9 Å². The van der Waals surface area contributed by atoms with Gasteiger partial charge < -0.3 is 20.1 Å². The van der Waals surface area contributed by atoms with Crippen molar-refractivity contribution in [2.24, 2.45) is 0 Å². The van der Waals surface area contributed by atoms with Gasteiger partial charge in [0.2, 0.25) is 5.91 Å². The fourth-order valence-electron chi connectivity index (χ4n) is 5.06. The first-order valence-electron chi connectivity index (χ1n) is 14.6.